The minimum atomic E-state index is -0.0131. The smallest absolute Gasteiger partial charge is 0.226 e. The van der Waals surface area contributed by atoms with Crippen LogP contribution in [0.4, 0.5) is 5.95 Å². The van der Waals surface area contributed by atoms with E-state index in [0.29, 0.717) is 11.8 Å². The predicted molar refractivity (Wildman–Crippen MR) is 58.1 cm³/mol. The molecule has 0 aliphatic rings. The molecule has 0 aliphatic heterocycles. The van der Waals surface area contributed by atoms with E-state index >= 15 is 0 Å². The number of anilines is 1. The molecule has 0 fully saturated rings. The average Bonchev–Trinajstić information content (AvgIpc) is 2.23. The van der Waals surface area contributed by atoms with Crippen LogP contribution in [0.2, 0.25) is 0 Å². The van der Waals surface area contributed by atoms with Gasteiger partial charge in [0.15, 0.2) is 0 Å². The summed E-state index contributed by atoms with van der Waals surface area (Å²) in [4.78, 5) is 8.37. The molecule has 0 atom stereocenters. The highest BCUT2D eigenvalue weighted by Crippen LogP contribution is 2.11. The molecular formula is C10H17N3O2. The number of rotatable bonds is 6. The summed E-state index contributed by atoms with van der Waals surface area (Å²) >= 11 is 0. The van der Waals surface area contributed by atoms with Crippen molar-refractivity contribution in [2.45, 2.75) is 20.3 Å². The van der Waals surface area contributed by atoms with E-state index < -0.39 is 0 Å². The van der Waals surface area contributed by atoms with Crippen LogP contribution in [-0.2, 0) is 0 Å². The van der Waals surface area contributed by atoms with Crippen molar-refractivity contribution in [3.8, 4) is 5.88 Å². The average molecular weight is 211 g/mol. The zero-order chi connectivity index (χ0) is 11.1. The molecule has 2 N–H and O–H groups in total. The Morgan fingerprint density at radius 1 is 1.47 bits per heavy atom. The van der Waals surface area contributed by atoms with Crippen molar-refractivity contribution in [3.05, 3.63) is 11.8 Å². The van der Waals surface area contributed by atoms with Gasteiger partial charge in [0.2, 0.25) is 11.8 Å². The number of aliphatic hydroxyl groups excluding tert-OH is 1. The third kappa shape index (κ3) is 4.12. The van der Waals surface area contributed by atoms with Gasteiger partial charge in [-0.05, 0) is 13.3 Å². The Morgan fingerprint density at radius 3 is 2.93 bits per heavy atom. The van der Waals surface area contributed by atoms with Gasteiger partial charge in [-0.3, -0.25) is 0 Å². The summed E-state index contributed by atoms with van der Waals surface area (Å²) in [6.07, 6.45) is 1.02. The lowest BCUT2D eigenvalue weighted by molar-refractivity contribution is 0.196. The van der Waals surface area contributed by atoms with Gasteiger partial charge < -0.3 is 15.2 Å². The van der Waals surface area contributed by atoms with Crippen molar-refractivity contribution in [3.63, 3.8) is 0 Å². The summed E-state index contributed by atoms with van der Waals surface area (Å²) < 4.78 is 5.22. The van der Waals surface area contributed by atoms with Gasteiger partial charge in [0.1, 0.15) is 6.61 Å². The fourth-order valence-electron chi connectivity index (χ4n) is 1.08. The number of aryl methyl sites for hydroxylation is 1. The van der Waals surface area contributed by atoms with Crippen molar-refractivity contribution in [1.82, 2.24) is 9.97 Å². The molecule has 0 amide bonds. The summed E-state index contributed by atoms with van der Waals surface area (Å²) in [5.41, 5.74) is 0.844. The summed E-state index contributed by atoms with van der Waals surface area (Å²) in [5.74, 6) is 1.07. The molecule has 0 bridgehead atoms. The molecular weight excluding hydrogens is 194 g/mol. The van der Waals surface area contributed by atoms with E-state index in [1.807, 2.05) is 6.92 Å². The van der Waals surface area contributed by atoms with Gasteiger partial charge in [-0.15, -0.1) is 0 Å². The van der Waals surface area contributed by atoms with Gasteiger partial charge in [0, 0.05) is 18.3 Å². The van der Waals surface area contributed by atoms with Gasteiger partial charge in [0.05, 0.1) is 6.61 Å². The standard InChI is InChI=1S/C10H17N3O2/c1-3-4-11-10-12-8(2)7-9(13-10)15-6-5-14/h7,14H,3-6H2,1-2H3,(H,11,12,13). The summed E-state index contributed by atoms with van der Waals surface area (Å²) in [6.45, 7) is 5.03. The molecule has 0 aliphatic carbocycles. The van der Waals surface area contributed by atoms with E-state index in [-0.39, 0.29) is 13.2 Å². The van der Waals surface area contributed by atoms with Crippen LogP contribution < -0.4 is 10.1 Å². The Morgan fingerprint density at radius 2 is 2.27 bits per heavy atom. The maximum atomic E-state index is 8.62. The Bertz CT molecular complexity index is 278. The Labute approximate surface area is 89.5 Å². The van der Waals surface area contributed by atoms with Gasteiger partial charge in [-0.2, -0.15) is 4.98 Å². The topological polar surface area (TPSA) is 67.3 Å². The minimum Gasteiger partial charge on any atom is -0.475 e. The molecule has 1 aromatic heterocycles. The van der Waals surface area contributed by atoms with Gasteiger partial charge in [0.25, 0.3) is 0 Å². The first-order valence-electron chi connectivity index (χ1n) is 5.09. The van der Waals surface area contributed by atoms with Crippen LogP contribution in [0.25, 0.3) is 0 Å². The number of ether oxygens (including phenoxy) is 1. The lowest BCUT2D eigenvalue weighted by Gasteiger charge is -2.07. The first-order chi connectivity index (χ1) is 7.26. The van der Waals surface area contributed by atoms with Crippen LogP contribution in [-0.4, -0.2) is 34.8 Å². The molecule has 5 nitrogen and oxygen atoms in total. The van der Waals surface area contributed by atoms with E-state index in [4.69, 9.17) is 9.84 Å². The van der Waals surface area contributed by atoms with Crippen molar-refractivity contribution in [2.75, 3.05) is 25.1 Å². The van der Waals surface area contributed by atoms with E-state index in [1.54, 1.807) is 6.07 Å². The molecule has 0 radical (unpaired) electrons. The van der Waals surface area contributed by atoms with Crippen LogP contribution in [0.1, 0.15) is 19.0 Å². The maximum absolute atomic E-state index is 8.62. The Balaban J connectivity index is 2.66. The van der Waals surface area contributed by atoms with Gasteiger partial charge >= 0.3 is 0 Å². The van der Waals surface area contributed by atoms with Crippen molar-refractivity contribution in [2.24, 2.45) is 0 Å². The van der Waals surface area contributed by atoms with E-state index in [2.05, 4.69) is 22.2 Å². The van der Waals surface area contributed by atoms with Crippen LogP contribution in [0.15, 0.2) is 6.07 Å². The highest BCUT2D eigenvalue weighted by molar-refractivity contribution is 5.30. The van der Waals surface area contributed by atoms with Crippen LogP contribution >= 0.6 is 0 Å². The highest BCUT2D eigenvalue weighted by Gasteiger charge is 2.01. The number of hydrogen-bond donors (Lipinski definition) is 2. The quantitative estimate of drug-likeness (QED) is 0.734. The number of nitrogens with zero attached hydrogens (tertiary/aromatic N) is 2. The predicted octanol–water partition coefficient (Wildman–Crippen LogP) is 0.978. The number of aromatic nitrogens is 2. The molecule has 0 aromatic carbocycles. The monoisotopic (exact) mass is 211 g/mol. The second-order valence-electron chi connectivity index (χ2n) is 3.17. The first-order valence-corrected chi connectivity index (χ1v) is 5.09. The first kappa shape index (κ1) is 11.7. The van der Waals surface area contributed by atoms with Crippen molar-refractivity contribution < 1.29 is 9.84 Å². The molecule has 1 heterocycles. The van der Waals surface area contributed by atoms with Gasteiger partial charge in [-0.25, -0.2) is 4.98 Å². The van der Waals surface area contributed by atoms with Crippen LogP contribution in [0.3, 0.4) is 0 Å². The molecule has 5 heteroatoms. The number of nitrogens with one attached hydrogen (secondary N) is 1. The van der Waals surface area contributed by atoms with E-state index in [1.165, 1.54) is 0 Å². The second kappa shape index (κ2) is 6.19. The molecule has 84 valence electrons. The lowest BCUT2D eigenvalue weighted by atomic mass is 10.4. The van der Waals surface area contributed by atoms with Crippen LogP contribution in [0, 0.1) is 6.92 Å². The maximum Gasteiger partial charge on any atom is 0.226 e. The molecule has 0 spiro atoms. The third-order valence-electron chi connectivity index (χ3n) is 1.71. The molecule has 0 saturated heterocycles. The summed E-state index contributed by atoms with van der Waals surface area (Å²) in [5, 5.41) is 11.7. The third-order valence-corrected chi connectivity index (χ3v) is 1.71. The molecule has 1 rings (SSSR count). The highest BCUT2D eigenvalue weighted by atomic mass is 16.5. The zero-order valence-corrected chi connectivity index (χ0v) is 9.16. The van der Waals surface area contributed by atoms with Crippen molar-refractivity contribution >= 4 is 5.95 Å². The SMILES string of the molecule is CCCNc1nc(C)cc(OCCO)n1. The normalized spacial score (nSPS) is 10.1. The fourth-order valence-corrected chi connectivity index (χ4v) is 1.08. The largest absolute Gasteiger partial charge is 0.475 e. The number of aliphatic hydroxyl groups is 1. The van der Waals surface area contributed by atoms with E-state index in [0.717, 1.165) is 18.7 Å². The number of hydrogen-bond acceptors (Lipinski definition) is 5. The second-order valence-corrected chi connectivity index (χ2v) is 3.17. The van der Waals surface area contributed by atoms with E-state index in [9.17, 15) is 0 Å². The Kier molecular flexibility index (Phi) is 4.83. The fraction of sp³-hybridized carbons (Fsp3) is 0.600. The molecule has 15 heavy (non-hydrogen) atoms. The lowest BCUT2D eigenvalue weighted by Crippen LogP contribution is -2.08. The zero-order valence-electron chi connectivity index (χ0n) is 9.16. The Hall–Kier alpha value is -1.36. The molecule has 0 unspecified atom stereocenters. The van der Waals surface area contributed by atoms with Gasteiger partial charge in [-0.1, -0.05) is 6.92 Å². The van der Waals surface area contributed by atoms with Crippen molar-refractivity contribution in [1.29, 1.82) is 0 Å². The summed E-state index contributed by atoms with van der Waals surface area (Å²) in [6, 6.07) is 1.74. The minimum absolute atomic E-state index is 0.0131. The summed E-state index contributed by atoms with van der Waals surface area (Å²) in [7, 11) is 0. The molecule has 0 saturated carbocycles. The molecule has 1 aromatic rings. The van der Waals surface area contributed by atoms with Crippen LogP contribution in [0.5, 0.6) is 5.88 Å².